The van der Waals surface area contributed by atoms with Crippen molar-refractivity contribution in [2.75, 3.05) is 21.3 Å². The Morgan fingerprint density at radius 3 is 2.36 bits per heavy atom. The van der Waals surface area contributed by atoms with E-state index in [1.165, 1.54) is 5.56 Å². The van der Waals surface area contributed by atoms with Gasteiger partial charge in [0.05, 0.1) is 38.9 Å². The van der Waals surface area contributed by atoms with Gasteiger partial charge in [-0.3, -0.25) is 0 Å². The van der Waals surface area contributed by atoms with Crippen molar-refractivity contribution >= 4 is 10.8 Å². The van der Waals surface area contributed by atoms with E-state index in [-0.39, 0.29) is 12.2 Å². The fraction of sp³-hybridized carbons (Fsp3) is 0.444. The number of fused-ring (bicyclic) bond motifs is 2. The summed E-state index contributed by atoms with van der Waals surface area (Å²) in [6, 6.07) is 5.96. The smallest absolute Gasteiger partial charge is 0.136 e. The molecule has 1 aliphatic rings. The number of hydrogen-bond acceptors (Lipinski definition) is 4. The summed E-state index contributed by atoms with van der Waals surface area (Å²) in [6.45, 7) is 4.14. The Bertz CT molecular complexity index is 708. The van der Waals surface area contributed by atoms with E-state index in [4.69, 9.17) is 18.9 Å². The Labute approximate surface area is 130 Å². The zero-order valence-corrected chi connectivity index (χ0v) is 13.7. The molecule has 0 spiro atoms. The molecule has 0 N–H and O–H groups in total. The van der Waals surface area contributed by atoms with Crippen molar-refractivity contribution in [2.24, 2.45) is 0 Å². The summed E-state index contributed by atoms with van der Waals surface area (Å²) in [5.41, 5.74) is 2.24. The average molecular weight is 302 g/mol. The van der Waals surface area contributed by atoms with Gasteiger partial charge in [-0.15, -0.1) is 0 Å². The number of methoxy groups -OCH3 is 3. The highest BCUT2D eigenvalue weighted by molar-refractivity contribution is 6.00. The Kier molecular flexibility index (Phi) is 3.87. The lowest BCUT2D eigenvalue weighted by Gasteiger charge is -2.32. The molecule has 0 aliphatic carbocycles. The van der Waals surface area contributed by atoms with Crippen molar-refractivity contribution in [3.05, 3.63) is 29.3 Å². The minimum atomic E-state index is -0.0445. The van der Waals surface area contributed by atoms with Crippen LogP contribution in [0.5, 0.6) is 17.2 Å². The van der Waals surface area contributed by atoms with Gasteiger partial charge in [-0.05, 0) is 19.9 Å². The minimum absolute atomic E-state index is 0.0445. The zero-order valence-electron chi connectivity index (χ0n) is 13.7. The van der Waals surface area contributed by atoms with E-state index in [0.717, 1.165) is 40.0 Å². The van der Waals surface area contributed by atoms with Crippen LogP contribution in [-0.4, -0.2) is 27.4 Å². The van der Waals surface area contributed by atoms with Gasteiger partial charge in [-0.25, -0.2) is 0 Å². The van der Waals surface area contributed by atoms with Crippen LogP contribution >= 0.6 is 0 Å². The van der Waals surface area contributed by atoms with Gasteiger partial charge < -0.3 is 18.9 Å². The topological polar surface area (TPSA) is 36.9 Å². The summed E-state index contributed by atoms with van der Waals surface area (Å²) in [5.74, 6) is 2.50. The molecule has 4 nitrogen and oxygen atoms in total. The molecule has 4 heteroatoms. The van der Waals surface area contributed by atoms with Crippen LogP contribution in [0.25, 0.3) is 10.8 Å². The average Bonchev–Trinajstić information content (AvgIpc) is 2.51. The van der Waals surface area contributed by atoms with E-state index in [9.17, 15) is 0 Å². The van der Waals surface area contributed by atoms with Gasteiger partial charge in [-0.1, -0.05) is 12.1 Å². The molecule has 1 heterocycles. The Morgan fingerprint density at radius 2 is 1.73 bits per heavy atom. The van der Waals surface area contributed by atoms with Gasteiger partial charge >= 0.3 is 0 Å². The summed E-state index contributed by atoms with van der Waals surface area (Å²) in [6.07, 6.45) is 0.924. The third-order valence-corrected chi connectivity index (χ3v) is 4.30. The van der Waals surface area contributed by atoms with Gasteiger partial charge in [0.2, 0.25) is 0 Å². The molecule has 0 unspecified atom stereocenters. The normalized spacial score (nSPS) is 20.6. The highest BCUT2D eigenvalue weighted by Gasteiger charge is 2.31. The Morgan fingerprint density at radius 1 is 1.00 bits per heavy atom. The van der Waals surface area contributed by atoms with Crippen LogP contribution < -0.4 is 14.2 Å². The van der Waals surface area contributed by atoms with E-state index in [2.05, 4.69) is 13.8 Å². The highest BCUT2D eigenvalue weighted by Crippen LogP contribution is 2.49. The molecule has 3 rings (SSSR count). The maximum absolute atomic E-state index is 6.00. The van der Waals surface area contributed by atoms with Crippen LogP contribution in [0.15, 0.2) is 18.2 Å². The number of rotatable bonds is 3. The van der Waals surface area contributed by atoms with E-state index in [1.54, 1.807) is 21.3 Å². The molecule has 2 atom stereocenters. The van der Waals surface area contributed by atoms with Gasteiger partial charge in [0.25, 0.3) is 0 Å². The van der Waals surface area contributed by atoms with Crippen molar-refractivity contribution in [1.82, 2.24) is 0 Å². The summed E-state index contributed by atoms with van der Waals surface area (Å²) in [5, 5.41) is 1.95. The molecule has 118 valence electrons. The molecular formula is C18H22O4. The molecule has 2 aromatic carbocycles. The Hall–Kier alpha value is -1.94. The second-order valence-corrected chi connectivity index (χ2v) is 5.63. The number of ether oxygens (including phenoxy) is 4. The lowest BCUT2D eigenvalue weighted by atomic mass is 9.89. The van der Waals surface area contributed by atoms with Crippen LogP contribution in [0.3, 0.4) is 0 Å². The lowest BCUT2D eigenvalue weighted by molar-refractivity contribution is -0.00647. The first-order valence-electron chi connectivity index (χ1n) is 7.51. The van der Waals surface area contributed by atoms with Gasteiger partial charge in [0, 0.05) is 22.9 Å². The molecule has 0 bridgehead atoms. The SMILES string of the molecule is COc1c2c(c(OC)c3c(OC)cccc13)[C@H](C)O[C@@H](C)C2. The van der Waals surface area contributed by atoms with Crippen LogP contribution in [0, 0.1) is 0 Å². The zero-order chi connectivity index (χ0) is 15.9. The van der Waals surface area contributed by atoms with Crippen molar-refractivity contribution in [2.45, 2.75) is 32.5 Å². The third kappa shape index (κ3) is 2.10. The molecule has 0 fully saturated rings. The first-order valence-corrected chi connectivity index (χ1v) is 7.51. The van der Waals surface area contributed by atoms with Gasteiger partial charge in [-0.2, -0.15) is 0 Å². The van der Waals surface area contributed by atoms with E-state index in [0.29, 0.717) is 0 Å². The van der Waals surface area contributed by atoms with Crippen LogP contribution in [0.2, 0.25) is 0 Å². The fourth-order valence-electron chi connectivity index (χ4n) is 3.51. The van der Waals surface area contributed by atoms with Crippen molar-refractivity contribution < 1.29 is 18.9 Å². The summed E-state index contributed by atoms with van der Waals surface area (Å²) >= 11 is 0. The fourth-order valence-corrected chi connectivity index (χ4v) is 3.51. The van der Waals surface area contributed by atoms with Crippen molar-refractivity contribution in [3.8, 4) is 17.2 Å². The summed E-state index contributed by atoms with van der Waals surface area (Å²) < 4.78 is 23.1. The molecule has 0 amide bonds. The molecule has 22 heavy (non-hydrogen) atoms. The maximum atomic E-state index is 6.00. The van der Waals surface area contributed by atoms with Crippen LogP contribution in [-0.2, 0) is 11.2 Å². The summed E-state index contributed by atoms with van der Waals surface area (Å²) in [7, 11) is 5.08. The second kappa shape index (κ2) is 5.69. The molecular weight excluding hydrogens is 280 g/mol. The van der Waals surface area contributed by atoms with E-state index >= 15 is 0 Å². The second-order valence-electron chi connectivity index (χ2n) is 5.63. The van der Waals surface area contributed by atoms with E-state index < -0.39 is 0 Å². The minimum Gasteiger partial charge on any atom is -0.496 e. The lowest BCUT2D eigenvalue weighted by Crippen LogP contribution is -2.23. The van der Waals surface area contributed by atoms with E-state index in [1.807, 2.05) is 18.2 Å². The first-order chi connectivity index (χ1) is 10.6. The molecule has 0 radical (unpaired) electrons. The van der Waals surface area contributed by atoms with Crippen molar-refractivity contribution in [3.63, 3.8) is 0 Å². The first kappa shape index (κ1) is 15.0. The quantitative estimate of drug-likeness (QED) is 0.862. The van der Waals surface area contributed by atoms with Gasteiger partial charge in [0.1, 0.15) is 17.2 Å². The highest BCUT2D eigenvalue weighted by atomic mass is 16.5. The molecule has 1 aliphatic heterocycles. The number of benzene rings is 2. The third-order valence-electron chi connectivity index (χ3n) is 4.30. The molecule has 0 saturated heterocycles. The predicted molar refractivity (Wildman–Crippen MR) is 86.3 cm³/mol. The van der Waals surface area contributed by atoms with Crippen molar-refractivity contribution in [1.29, 1.82) is 0 Å². The largest absolute Gasteiger partial charge is 0.496 e. The monoisotopic (exact) mass is 302 g/mol. The predicted octanol–water partition coefficient (Wildman–Crippen LogP) is 3.89. The Balaban J connectivity index is 2.47. The standard InChI is InChI=1S/C18H22O4/c1-10-9-13-15(11(2)22-10)18(21-5)16-12(17(13)20-4)7-6-8-14(16)19-3/h6-8,10-11H,9H2,1-5H3/t10-,11-/m0/s1. The number of hydrogen-bond donors (Lipinski definition) is 0. The molecule has 0 aromatic heterocycles. The maximum Gasteiger partial charge on any atom is 0.136 e. The van der Waals surface area contributed by atoms with Crippen LogP contribution in [0.4, 0.5) is 0 Å². The van der Waals surface area contributed by atoms with Crippen LogP contribution in [0.1, 0.15) is 31.1 Å². The summed E-state index contributed by atoms with van der Waals surface area (Å²) in [4.78, 5) is 0. The molecule has 0 saturated carbocycles. The molecule has 2 aromatic rings. The van der Waals surface area contributed by atoms with Gasteiger partial charge in [0.15, 0.2) is 0 Å².